The van der Waals surface area contributed by atoms with Crippen molar-refractivity contribution in [1.29, 1.82) is 0 Å². The zero-order valence-electron chi connectivity index (χ0n) is 8.01. The van der Waals surface area contributed by atoms with E-state index in [-0.39, 0.29) is 6.42 Å². The fourth-order valence-corrected chi connectivity index (χ4v) is 0.697. The van der Waals surface area contributed by atoms with Crippen LogP contribution >= 0.6 is 0 Å². The first-order chi connectivity index (χ1) is 6.04. The number of unbranched alkanes of at least 4 members (excludes halogenated alkanes) is 1. The molecule has 0 aliphatic rings. The second kappa shape index (κ2) is 6.29. The Morgan fingerprint density at radius 2 is 2.00 bits per heavy atom. The molecule has 0 spiro atoms. The van der Waals surface area contributed by atoms with Gasteiger partial charge in [0.25, 0.3) is 0 Å². The SMILES string of the molecule is C=C(C)C(=C)OCCCCC(=O)O. The number of hydrogen-bond acceptors (Lipinski definition) is 2. The Hall–Kier alpha value is -1.25. The number of ether oxygens (including phenoxy) is 1. The number of aliphatic carboxylic acids is 1. The van der Waals surface area contributed by atoms with Crippen LogP contribution in [-0.4, -0.2) is 17.7 Å². The van der Waals surface area contributed by atoms with Crippen molar-refractivity contribution in [2.75, 3.05) is 6.61 Å². The van der Waals surface area contributed by atoms with Gasteiger partial charge in [-0.3, -0.25) is 4.79 Å². The molecule has 0 fully saturated rings. The van der Waals surface area contributed by atoms with E-state index in [0.717, 1.165) is 12.0 Å². The summed E-state index contributed by atoms with van der Waals surface area (Å²) in [6.07, 6.45) is 1.57. The lowest BCUT2D eigenvalue weighted by molar-refractivity contribution is -0.137. The molecule has 0 aromatic heterocycles. The molecular weight excluding hydrogens is 168 g/mol. The van der Waals surface area contributed by atoms with E-state index in [4.69, 9.17) is 9.84 Å². The Balaban J connectivity index is 3.31. The second-order valence-corrected chi connectivity index (χ2v) is 2.90. The lowest BCUT2D eigenvalue weighted by atomic mass is 10.2. The maximum atomic E-state index is 10.1. The highest BCUT2D eigenvalue weighted by atomic mass is 16.5. The van der Waals surface area contributed by atoms with Gasteiger partial charge in [0.1, 0.15) is 5.76 Å². The topological polar surface area (TPSA) is 46.5 Å². The summed E-state index contributed by atoms with van der Waals surface area (Å²) >= 11 is 0. The van der Waals surface area contributed by atoms with E-state index >= 15 is 0 Å². The third kappa shape index (κ3) is 7.12. The zero-order valence-corrected chi connectivity index (χ0v) is 8.01. The zero-order chi connectivity index (χ0) is 10.3. The monoisotopic (exact) mass is 184 g/mol. The molecule has 74 valence electrons. The smallest absolute Gasteiger partial charge is 0.303 e. The van der Waals surface area contributed by atoms with Crippen LogP contribution in [0.5, 0.6) is 0 Å². The minimum absolute atomic E-state index is 0.197. The Kier molecular flexibility index (Phi) is 5.68. The maximum absolute atomic E-state index is 10.1. The van der Waals surface area contributed by atoms with E-state index in [0.29, 0.717) is 18.8 Å². The van der Waals surface area contributed by atoms with E-state index in [1.54, 1.807) is 0 Å². The van der Waals surface area contributed by atoms with Crippen LogP contribution in [0, 0.1) is 0 Å². The number of allylic oxidation sites excluding steroid dienone is 1. The van der Waals surface area contributed by atoms with Gasteiger partial charge in [-0.15, -0.1) is 0 Å². The third-order valence-electron chi connectivity index (χ3n) is 1.54. The molecule has 1 N–H and O–H groups in total. The van der Waals surface area contributed by atoms with Gasteiger partial charge in [0.15, 0.2) is 0 Å². The Bertz CT molecular complexity index is 206. The molecule has 0 unspecified atom stereocenters. The molecule has 3 heteroatoms. The van der Waals surface area contributed by atoms with Gasteiger partial charge in [-0.1, -0.05) is 13.2 Å². The quantitative estimate of drug-likeness (QED) is 0.375. The molecule has 0 aliphatic carbocycles. The molecule has 0 bridgehead atoms. The minimum Gasteiger partial charge on any atom is -0.494 e. The molecule has 0 amide bonds. The summed E-state index contributed by atoms with van der Waals surface area (Å²) in [4.78, 5) is 10.1. The average Bonchev–Trinajstić information content (AvgIpc) is 2.02. The van der Waals surface area contributed by atoms with E-state index in [9.17, 15) is 4.79 Å². The van der Waals surface area contributed by atoms with E-state index in [1.807, 2.05) is 6.92 Å². The van der Waals surface area contributed by atoms with Crippen LogP contribution in [0.4, 0.5) is 0 Å². The van der Waals surface area contributed by atoms with Crippen LogP contribution in [-0.2, 0) is 9.53 Å². The Labute approximate surface area is 78.7 Å². The highest BCUT2D eigenvalue weighted by Gasteiger charge is 1.98. The summed E-state index contributed by atoms with van der Waals surface area (Å²) < 4.78 is 5.20. The lowest BCUT2D eigenvalue weighted by Crippen LogP contribution is -1.98. The first-order valence-corrected chi connectivity index (χ1v) is 4.23. The van der Waals surface area contributed by atoms with Gasteiger partial charge in [0.2, 0.25) is 0 Å². The largest absolute Gasteiger partial charge is 0.494 e. The summed E-state index contributed by atoms with van der Waals surface area (Å²) in [6.45, 7) is 9.64. The van der Waals surface area contributed by atoms with Crippen LogP contribution < -0.4 is 0 Å². The van der Waals surface area contributed by atoms with Crippen molar-refractivity contribution in [3.8, 4) is 0 Å². The Morgan fingerprint density at radius 1 is 1.38 bits per heavy atom. The van der Waals surface area contributed by atoms with Gasteiger partial charge in [-0.05, 0) is 25.3 Å². The van der Waals surface area contributed by atoms with Crippen LogP contribution in [0.1, 0.15) is 26.2 Å². The standard InChI is InChI=1S/C10H16O3/c1-8(2)9(3)13-7-5-4-6-10(11)12/h1,3-7H2,2H3,(H,11,12). The molecule has 0 atom stereocenters. The molecule has 0 saturated heterocycles. The van der Waals surface area contributed by atoms with Crippen molar-refractivity contribution >= 4 is 5.97 Å². The molecule has 0 aromatic rings. The van der Waals surface area contributed by atoms with Gasteiger partial charge in [0, 0.05) is 6.42 Å². The van der Waals surface area contributed by atoms with Crippen molar-refractivity contribution in [3.05, 3.63) is 24.5 Å². The number of carbonyl (C=O) groups is 1. The Morgan fingerprint density at radius 3 is 2.46 bits per heavy atom. The van der Waals surface area contributed by atoms with Crippen molar-refractivity contribution in [1.82, 2.24) is 0 Å². The number of rotatable bonds is 7. The first-order valence-electron chi connectivity index (χ1n) is 4.23. The highest BCUT2D eigenvalue weighted by molar-refractivity contribution is 5.66. The fraction of sp³-hybridized carbons (Fsp3) is 0.500. The normalized spacial score (nSPS) is 9.31. The van der Waals surface area contributed by atoms with E-state index in [2.05, 4.69) is 13.2 Å². The van der Waals surface area contributed by atoms with Gasteiger partial charge in [-0.25, -0.2) is 0 Å². The second-order valence-electron chi connectivity index (χ2n) is 2.90. The van der Waals surface area contributed by atoms with Crippen molar-refractivity contribution < 1.29 is 14.6 Å². The van der Waals surface area contributed by atoms with Gasteiger partial charge in [0.05, 0.1) is 6.61 Å². The first kappa shape index (κ1) is 11.8. The minimum atomic E-state index is -0.765. The molecule has 0 aliphatic heterocycles. The van der Waals surface area contributed by atoms with E-state index in [1.165, 1.54) is 0 Å². The van der Waals surface area contributed by atoms with E-state index < -0.39 is 5.97 Å². The highest BCUT2D eigenvalue weighted by Crippen LogP contribution is 2.06. The van der Waals surface area contributed by atoms with Gasteiger partial charge < -0.3 is 9.84 Å². The molecule has 13 heavy (non-hydrogen) atoms. The summed E-state index contributed by atoms with van der Waals surface area (Å²) in [7, 11) is 0. The van der Waals surface area contributed by atoms with Crippen molar-refractivity contribution in [3.63, 3.8) is 0 Å². The molecule has 3 nitrogen and oxygen atoms in total. The van der Waals surface area contributed by atoms with Gasteiger partial charge in [-0.2, -0.15) is 0 Å². The molecule has 0 radical (unpaired) electrons. The molecule has 0 rings (SSSR count). The van der Waals surface area contributed by atoms with Crippen LogP contribution in [0.25, 0.3) is 0 Å². The van der Waals surface area contributed by atoms with Gasteiger partial charge >= 0.3 is 5.97 Å². The summed E-state index contributed by atoms with van der Waals surface area (Å²) in [5, 5.41) is 8.34. The number of carboxylic acid groups (broad SMARTS) is 1. The summed E-state index contributed by atoms with van der Waals surface area (Å²) in [5.41, 5.74) is 0.804. The molecule has 0 aromatic carbocycles. The lowest BCUT2D eigenvalue weighted by Gasteiger charge is -2.07. The molecule has 0 saturated carbocycles. The predicted octanol–water partition coefficient (Wildman–Crippen LogP) is 2.35. The number of hydrogen-bond donors (Lipinski definition) is 1. The third-order valence-corrected chi connectivity index (χ3v) is 1.54. The summed E-state index contributed by atoms with van der Waals surface area (Å²) in [6, 6.07) is 0. The van der Waals surface area contributed by atoms with Crippen molar-refractivity contribution in [2.45, 2.75) is 26.2 Å². The fourth-order valence-electron chi connectivity index (χ4n) is 0.697. The van der Waals surface area contributed by atoms with Crippen molar-refractivity contribution in [2.24, 2.45) is 0 Å². The maximum Gasteiger partial charge on any atom is 0.303 e. The van der Waals surface area contributed by atoms with Crippen LogP contribution in [0.15, 0.2) is 24.5 Å². The van der Waals surface area contributed by atoms with Crippen LogP contribution in [0.3, 0.4) is 0 Å². The molecule has 0 heterocycles. The molecular formula is C10H16O3. The summed E-state index contributed by atoms with van der Waals surface area (Å²) in [5.74, 6) is -0.186. The number of carboxylic acids is 1. The predicted molar refractivity (Wildman–Crippen MR) is 51.4 cm³/mol. The van der Waals surface area contributed by atoms with Crippen LogP contribution in [0.2, 0.25) is 0 Å². The average molecular weight is 184 g/mol.